The van der Waals surface area contributed by atoms with Gasteiger partial charge in [-0.15, -0.1) is 11.3 Å². The molecule has 34 heavy (non-hydrogen) atoms. The highest BCUT2D eigenvalue weighted by atomic mass is 32.2. The van der Waals surface area contributed by atoms with Crippen LogP contribution in [-0.4, -0.2) is 19.2 Å². The van der Waals surface area contributed by atoms with Gasteiger partial charge in [0.15, 0.2) is 16.8 Å². The van der Waals surface area contributed by atoms with Crippen LogP contribution < -0.4 is 10.5 Å². The molecule has 2 aromatic carbocycles. The third-order valence-electron chi connectivity index (χ3n) is 4.74. The number of hydrogen-bond acceptors (Lipinski definition) is 6. The Labute approximate surface area is 200 Å². The second-order valence-corrected chi connectivity index (χ2v) is 10.5. The van der Waals surface area contributed by atoms with Crippen LogP contribution in [0.15, 0.2) is 53.6 Å². The minimum atomic E-state index is -2.38. The lowest BCUT2D eigenvalue weighted by Gasteiger charge is -2.13. The number of nitrogens with two attached hydrogens (primary N) is 1. The standard InChI is InChI=1S/C23H20F3N5OS2/c1-23(2,3)21-30-18(19(33-21)16-10-11-28-22(27)29-16)12-6-4-9-15(17(12)26)31-34(32)20-13(24)7-5-8-14(20)25/h4-11,31H,1-3H3,(H2,27,28,29). The van der Waals surface area contributed by atoms with Crippen molar-refractivity contribution in [2.24, 2.45) is 0 Å². The minimum absolute atomic E-state index is 0.0624. The predicted octanol–water partition coefficient (Wildman–Crippen LogP) is 5.70. The highest BCUT2D eigenvalue weighted by molar-refractivity contribution is 7.86. The molecule has 2 heterocycles. The Morgan fingerprint density at radius 1 is 1.00 bits per heavy atom. The zero-order valence-corrected chi connectivity index (χ0v) is 20.0. The number of benzene rings is 2. The van der Waals surface area contributed by atoms with Gasteiger partial charge in [-0.3, -0.25) is 4.72 Å². The Morgan fingerprint density at radius 3 is 2.32 bits per heavy atom. The van der Waals surface area contributed by atoms with Gasteiger partial charge < -0.3 is 5.73 Å². The van der Waals surface area contributed by atoms with E-state index in [1.54, 1.807) is 6.07 Å². The van der Waals surface area contributed by atoms with E-state index in [4.69, 9.17) is 5.73 Å². The van der Waals surface area contributed by atoms with Gasteiger partial charge in [0, 0.05) is 17.2 Å². The molecule has 0 bridgehead atoms. The van der Waals surface area contributed by atoms with Crippen LogP contribution in [0.3, 0.4) is 0 Å². The van der Waals surface area contributed by atoms with Crippen LogP contribution in [0.4, 0.5) is 24.8 Å². The zero-order valence-electron chi connectivity index (χ0n) is 18.4. The van der Waals surface area contributed by atoms with Gasteiger partial charge in [-0.2, -0.15) is 0 Å². The Bertz CT molecular complexity index is 1380. The normalized spacial score (nSPS) is 12.5. The van der Waals surface area contributed by atoms with Crippen molar-refractivity contribution in [1.82, 2.24) is 15.0 Å². The molecule has 176 valence electrons. The van der Waals surface area contributed by atoms with E-state index in [1.807, 2.05) is 20.8 Å². The lowest BCUT2D eigenvalue weighted by atomic mass is 9.98. The average molecular weight is 504 g/mol. The van der Waals surface area contributed by atoms with Crippen LogP contribution in [0, 0.1) is 17.5 Å². The van der Waals surface area contributed by atoms with E-state index in [0.717, 1.165) is 23.2 Å². The molecule has 3 N–H and O–H groups in total. The number of nitrogens with zero attached hydrogens (tertiary/aromatic N) is 3. The van der Waals surface area contributed by atoms with Gasteiger partial charge in [-0.05, 0) is 30.3 Å². The fraction of sp³-hybridized carbons (Fsp3) is 0.174. The van der Waals surface area contributed by atoms with Crippen molar-refractivity contribution in [1.29, 1.82) is 0 Å². The van der Waals surface area contributed by atoms with E-state index < -0.39 is 33.3 Å². The summed E-state index contributed by atoms with van der Waals surface area (Å²) in [4.78, 5) is 12.7. The van der Waals surface area contributed by atoms with Crippen LogP contribution >= 0.6 is 11.3 Å². The Kier molecular flexibility index (Phi) is 6.41. The molecule has 1 atom stereocenters. The lowest BCUT2D eigenvalue weighted by Crippen LogP contribution is -2.11. The van der Waals surface area contributed by atoms with Gasteiger partial charge in [-0.1, -0.05) is 32.9 Å². The SMILES string of the molecule is CC(C)(C)c1nc(-c2cccc(NS(=O)c3c(F)cccc3F)c2F)c(-c2ccnc(N)n2)s1. The topological polar surface area (TPSA) is 93.8 Å². The molecule has 0 amide bonds. The molecule has 11 heteroatoms. The summed E-state index contributed by atoms with van der Waals surface area (Å²) in [6.07, 6.45) is 1.50. The van der Waals surface area contributed by atoms with Crippen molar-refractivity contribution >= 4 is 34.0 Å². The number of aromatic nitrogens is 3. The van der Waals surface area contributed by atoms with Crippen molar-refractivity contribution in [3.05, 3.63) is 71.1 Å². The molecule has 0 aliphatic carbocycles. The summed E-state index contributed by atoms with van der Waals surface area (Å²) in [6.45, 7) is 5.94. The highest BCUT2D eigenvalue weighted by Gasteiger charge is 2.26. The summed E-state index contributed by atoms with van der Waals surface area (Å²) >= 11 is 1.35. The Hall–Kier alpha value is -3.31. The predicted molar refractivity (Wildman–Crippen MR) is 128 cm³/mol. The third kappa shape index (κ3) is 4.66. The molecule has 2 aromatic heterocycles. The number of rotatable bonds is 5. The molecule has 6 nitrogen and oxygen atoms in total. The van der Waals surface area contributed by atoms with Gasteiger partial charge in [0.25, 0.3) is 0 Å². The quantitative estimate of drug-likeness (QED) is 0.364. The molecule has 4 rings (SSSR count). The van der Waals surface area contributed by atoms with Crippen LogP contribution in [0.1, 0.15) is 25.8 Å². The fourth-order valence-corrected chi connectivity index (χ4v) is 5.16. The molecule has 0 radical (unpaired) electrons. The third-order valence-corrected chi connectivity index (χ3v) is 7.41. The molecule has 0 aliphatic rings. The van der Waals surface area contributed by atoms with E-state index in [0.29, 0.717) is 16.3 Å². The smallest absolute Gasteiger partial charge is 0.220 e. The Morgan fingerprint density at radius 2 is 1.68 bits per heavy atom. The van der Waals surface area contributed by atoms with Crippen molar-refractivity contribution in [3.63, 3.8) is 0 Å². The van der Waals surface area contributed by atoms with E-state index in [2.05, 4.69) is 19.7 Å². The average Bonchev–Trinajstić information content (AvgIpc) is 3.21. The maximum atomic E-state index is 15.6. The first-order valence-electron chi connectivity index (χ1n) is 10.1. The maximum absolute atomic E-state index is 15.6. The summed E-state index contributed by atoms with van der Waals surface area (Å²) in [6, 6.07) is 9.14. The summed E-state index contributed by atoms with van der Waals surface area (Å²) in [5.74, 6) is -2.71. The summed E-state index contributed by atoms with van der Waals surface area (Å²) in [5.41, 5.74) is 6.12. The molecule has 0 fully saturated rings. The van der Waals surface area contributed by atoms with Crippen LogP contribution in [0.25, 0.3) is 21.8 Å². The van der Waals surface area contributed by atoms with Crippen molar-refractivity contribution in [2.75, 3.05) is 10.5 Å². The summed E-state index contributed by atoms with van der Waals surface area (Å²) in [7, 11) is -2.38. The van der Waals surface area contributed by atoms with E-state index in [-0.39, 0.29) is 22.6 Å². The molecule has 0 spiro atoms. The van der Waals surface area contributed by atoms with Crippen LogP contribution in [0.5, 0.6) is 0 Å². The van der Waals surface area contributed by atoms with Crippen molar-refractivity contribution < 1.29 is 17.4 Å². The largest absolute Gasteiger partial charge is 0.368 e. The van der Waals surface area contributed by atoms with E-state index in [9.17, 15) is 13.0 Å². The van der Waals surface area contributed by atoms with Crippen molar-refractivity contribution in [3.8, 4) is 21.8 Å². The van der Waals surface area contributed by atoms with Gasteiger partial charge in [0.1, 0.15) is 16.5 Å². The molecular formula is C23H20F3N5OS2. The summed E-state index contributed by atoms with van der Waals surface area (Å²) in [5, 5.41) is 0.740. The first-order chi connectivity index (χ1) is 16.1. The van der Waals surface area contributed by atoms with Gasteiger partial charge in [-0.25, -0.2) is 32.3 Å². The number of halogens is 3. The summed E-state index contributed by atoms with van der Waals surface area (Å²) < 4.78 is 58.7. The van der Waals surface area contributed by atoms with Crippen LogP contribution in [-0.2, 0) is 16.4 Å². The second-order valence-electron chi connectivity index (χ2n) is 8.34. The fourth-order valence-electron chi connectivity index (χ4n) is 3.10. The lowest BCUT2D eigenvalue weighted by molar-refractivity contribution is 0.535. The second kappa shape index (κ2) is 9.15. The first kappa shape index (κ1) is 23.8. The molecule has 0 saturated heterocycles. The monoisotopic (exact) mass is 503 g/mol. The number of nitrogens with one attached hydrogen (secondary N) is 1. The minimum Gasteiger partial charge on any atom is -0.368 e. The van der Waals surface area contributed by atoms with Crippen LogP contribution in [0.2, 0.25) is 0 Å². The maximum Gasteiger partial charge on any atom is 0.220 e. The molecule has 0 aliphatic heterocycles. The number of thiazole rings is 1. The molecule has 4 aromatic rings. The van der Waals surface area contributed by atoms with Gasteiger partial charge >= 0.3 is 0 Å². The molecule has 0 saturated carbocycles. The first-order valence-corrected chi connectivity index (χ1v) is 12.0. The number of nitrogen functional groups attached to an aromatic ring is 1. The van der Waals surface area contributed by atoms with Gasteiger partial charge in [0.05, 0.1) is 27.0 Å². The van der Waals surface area contributed by atoms with E-state index >= 15 is 4.39 Å². The Balaban J connectivity index is 1.81. The van der Waals surface area contributed by atoms with E-state index in [1.165, 1.54) is 35.7 Å². The van der Waals surface area contributed by atoms with Gasteiger partial charge in [0.2, 0.25) is 5.95 Å². The highest BCUT2D eigenvalue weighted by Crippen LogP contribution is 2.41. The van der Waals surface area contributed by atoms with Crippen molar-refractivity contribution in [2.45, 2.75) is 31.1 Å². The number of anilines is 2. The zero-order chi connectivity index (χ0) is 24.6. The molecule has 1 unspecified atom stereocenters. The molecular weight excluding hydrogens is 483 g/mol. The number of hydrogen-bond donors (Lipinski definition) is 2.